The molecule has 1 aliphatic rings. The summed E-state index contributed by atoms with van der Waals surface area (Å²) in [6.45, 7) is 2.23. The van der Waals surface area contributed by atoms with Crippen LogP contribution in [0.5, 0.6) is 0 Å². The highest BCUT2D eigenvalue weighted by Crippen LogP contribution is 2.44. The highest BCUT2D eigenvalue weighted by Gasteiger charge is 2.21. The number of benzene rings is 7. The molecule has 3 heterocycles. The van der Waals surface area contributed by atoms with Crippen LogP contribution in [0.15, 0.2) is 180 Å². The maximum absolute atomic E-state index is 6.26. The van der Waals surface area contributed by atoms with Crippen LogP contribution >= 0.6 is 11.3 Å². The first kappa shape index (κ1) is 33.4. The molecule has 5 heteroatoms. The number of nitrogens with zero attached hydrogens (tertiary/aromatic N) is 3. The topological polar surface area (TPSA) is 51.8 Å². The van der Waals surface area contributed by atoms with E-state index in [2.05, 4.69) is 153 Å². The van der Waals surface area contributed by atoms with E-state index in [1.165, 1.54) is 48.0 Å². The lowest BCUT2D eigenvalue weighted by atomic mass is 9.92. The Morgan fingerprint density at radius 2 is 1.02 bits per heavy atom. The second-order valence-corrected chi connectivity index (χ2v) is 15.8. The van der Waals surface area contributed by atoms with Gasteiger partial charge in [0, 0.05) is 47.6 Å². The summed E-state index contributed by atoms with van der Waals surface area (Å²) >= 11 is 1.87. The third-order valence-electron chi connectivity index (χ3n) is 11.3. The van der Waals surface area contributed by atoms with E-state index in [-0.39, 0.29) is 0 Å². The van der Waals surface area contributed by atoms with Crippen molar-refractivity contribution >= 4 is 59.0 Å². The second-order valence-electron chi connectivity index (χ2n) is 14.8. The van der Waals surface area contributed by atoms with Crippen LogP contribution in [0.2, 0.25) is 0 Å². The van der Waals surface area contributed by atoms with Gasteiger partial charge >= 0.3 is 0 Å². The normalized spacial score (nSPS) is 14.2. The van der Waals surface area contributed by atoms with Crippen LogP contribution in [0.1, 0.15) is 19.2 Å². The Morgan fingerprint density at radius 3 is 1.74 bits per heavy atom. The fourth-order valence-electron chi connectivity index (χ4n) is 8.30. The number of hydrogen-bond acceptors (Lipinski definition) is 5. The maximum Gasteiger partial charge on any atom is 0.164 e. The first-order valence-electron chi connectivity index (χ1n) is 19.4. The summed E-state index contributed by atoms with van der Waals surface area (Å²) in [5.41, 5.74) is 12.0. The molecule has 10 aromatic rings. The van der Waals surface area contributed by atoms with Gasteiger partial charge in [0.15, 0.2) is 17.5 Å². The van der Waals surface area contributed by atoms with Crippen molar-refractivity contribution in [3.05, 3.63) is 182 Å². The minimum atomic E-state index is 0.294. The average molecular weight is 750 g/mol. The fourth-order valence-corrected chi connectivity index (χ4v) is 9.67. The van der Waals surface area contributed by atoms with Crippen LogP contribution in [0.4, 0.5) is 0 Å². The number of hydrogen-bond donors (Lipinski definition) is 0. The molecule has 0 radical (unpaired) electrons. The summed E-state index contributed by atoms with van der Waals surface area (Å²) in [5.74, 6) is 2.29. The van der Waals surface area contributed by atoms with Gasteiger partial charge in [-0.2, -0.15) is 0 Å². The molecule has 0 aliphatic heterocycles. The molecule has 57 heavy (non-hydrogen) atoms. The van der Waals surface area contributed by atoms with Crippen molar-refractivity contribution in [2.45, 2.75) is 13.3 Å². The summed E-state index contributed by atoms with van der Waals surface area (Å²) in [6, 6.07) is 55.8. The van der Waals surface area contributed by atoms with Gasteiger partial charge in [0.2, 0.25) is 0 Å². The van der Waals surface area contributed by atoms with Gasteiger partial charge in [0.25, 0.3) is 0 Å². The number of furan rings is 1. The molecule has 0 fully saturated rings. The molecule has 11 rings (SSSR count). The first-order valence-corrected chi connectivity index (χ1v) is 20.2. The van der Waals surface area contributed by atoms with Crippen LogP contribution in [-0.4, -0.2) is 15.0 Å². The van der Waals surface area contributed by atoms with E-state index in [9.17, 15) is 0 Å². The van der Waals surface area contributed by atoms with Crippen LogP contribution in [0.25, 0.3) is 104 Å². The van der Waals surface area contributed by atoms with Crippen molar-refractivity contribution in [2.24, 2.45) is 5.92 Å². The van der Waals surface area contributed by atoms with E-state index in [0.717, 1.165) is 50.6 Å². The van der Waals surface area contributed by atoms with Gasteiger partial charge < -0.3 is 4.42 Å². The Kier molecular flexibility index (Phi) is 8.00. The first-order chi connectivity index (χ1) is 28.2. The summed E-state index contributed by atoms with van der Waals surface area (Å²) in [6.07, 6.45) is 7.40. The molecule has 0 saturated heterocycles. The number of allylic oxidation sites excluding steroid dienone is 4. The largest absolute Gasteiger partial charge is 0.456 e. The van der Waals surface area contributed by atoms with E-state index < -0.39 is 0 Å². The lowest BCUT2D eigenvalue weighted by Gasteiger charge is -2.17. The van der Waals surface area contributed by atoms with Crippen molar-refractivity contribution in [2.75, 3.05) is 0 Å². The van der Waals surface area contributed by atoms with Crippen molar-refractivity contribution in [3.63, 3.8) is 0 Å². The Bertz CT molecular complexity index is 3210. The van der Waals surface area contributed by atoms with E-state index >= 15 is 0 Å². The number of aromatic nitrogens is 3. The zero-order valence-corrected chi connectivity index (χ0v) is 32.0. The standard InChI is InChI=1S/C52H35N3OS/c1-32-12-5-6-15-38(32)51-53-50(54-52(55-51)44-21-11-23-46-47(44)43-16-7-8-22-45(43)56-46)37-30-28-36(29-31-37)40-18-10-20-42-41-19-9-17-39(48(41)57-49(40)42)35-26-24-34(25-27-35)33-13-3-2-4-14-33/h2-11,13-32H,12H2,1H3. The minimum absolute atomic E-state index is 0.294. The van der Waals surface area contributed by atoms with Crippen LogP contribution < -0.4 is 0 Å². The molecule has 0 spiro atoms. The molecule has 0 amide bonds. The number of rotatable bonds is 6. The van der Waals surface area contributed by atoms with Crippen molar-refractivity contribution in [1.82, 2.24) is 15.0 Å². The average Bonchev–Trinajstić information content (AvgIpc) is 3.86. The third-order valence-corrected chi connectivity index (χ3v) is 12.5. The molecular weight excluding hydrogens is 715 g/mol. The predicted octanol–water partition coefficient (Wildman–Crippen LogP) is 14.5. The highest BCUT2D eigenvalue weighted by molar-refractivity contribution is 7.26. The van der Waals surface area contributed by atoms with Gasteiger partial charge in [-0.1, -0.05) is 171 Å². The molecule has 0 saturated carbocycles. The monoisotopic (exact) mass is 749 g/mol. The molecule has 0 N–H and O–H groups in total. The van der Waals surface area contributed by atoms with Gasteiger partial charge in [-0.15, -0.1) is 11.3 Å². The molecular formula is C52H35N3OS. The molecule has 0 bridgehead atoms. The zero-order chi connectivity index (χ0) is 37.9. The molecule has 3 aromatic heterocycles. The smallest absolute Gasteiger partial charge is 0.164 e. The summed E-state index contributed by atoms with van der Waals surface area (Å²) in [7, 11) is 0. The summed E-state index contributed by atoms with van der Waals surface area (Å²) in [4.78, 5) is 15.4. The maximum atomic E-state index is 6.26. The Hall–Kier alpha value is -6.95. The fraction of sp³-hybridized carbons (Fsp3) is 0.0577. The summed E-state index contributed by atoms with van der Waals surface area (Å²) in [5, 5.41) is 4.62. The lowest BCUT2D eigenvalue weighted by molar-refractivity contribution is 0.669. The van der Waals surface area contributed by atoms with Crippen LogP contribution in [0.3, 0.4) is 0 Å². The third kappa shape index (κ3) is 5.78. The van der Waals surface area contributed by atoms with E-state index in [1.807, 2.05) is 41.7 Å². The van der Waals surface area contributed by atoms with E-state index in [0.29, 0.717) is 23.4 Å². The molecule has 4 nitrogen and oxygen atoms in total. The van der Waals surface area contributed by atoms with Gasteiger partial charge in [-0.25, -0.2) is 15.0 Å². The Morgan fingerprint density at radius 1 is 0.474 bits per heavy atom. The minimum Gasteiger partial charge on any atom is -0.456 e. The quantitative estimate of drug-likeness (QED) is 0.170. The molecule has 270 valence electrons. The summed E-state index contributed by atoms with van der Waals surface area (Å²) < 4.78 is 8.84. The molecule has 7 aromatic carbocycles. The lowest BCUT2D eigenvalue weighted by Crippen LogP contribution is -2.08. The molecule has 1 aliphatic carbocycles. The SMILES string of the molecule is CC1CC=CC=C1c1nc(-c2ccc(-c3cccc4c3sc3c(-c5ccc(-c6ccccc6)cc5)cccc34)cc2)nc(-c2cccc3oc4ccccc4c23)n1. The Labute approximate surface area is 334 Å². The van der Waals surface area contributed by atoms with Gasteiger partial charge in [0.05, 0.1) is 0 Å². The second kappa shape index (κ2) is 13.7. The zero-order valence-electron chi connectivity index (χ0n) is 31.2. The number of para-hydroxylation sites is 1. The van der Waals surface area contributed by atoms with E-state index in [1.54, 1.807) is 0 Å². The van der Waals surface area contributed by atoms with Crippen molar-refractivity contribution < 1.29 is 4.42 Å². The van der Waals surface area contributed by atoms with Crippen LogP contribution in [-0.2, 0) is 0 Å². The number of thiophene rings is 1. The number of fused-ring (bicyclic) bond motifs is 6. The van der Waals surface area contributed by atoms with Gasteiger partial charge in [-0.3, -0.25) is 0 Å². The van der Waals surface area contributed by atoms with Crippen molar-refractivity contribution in [1.29, 1.82) is 0 Å². The molecule has 1 unspecified atom stereocenters. The van der Waals surface area contributed by atoms with Gasteiger partial charge in [0.1, 0.15) is 11.2 Å². The molecule has 1 atom stereocenters. The van der Waals surface area contributed by atoms with Gasteiger partial charge in [-0.05, 0) is 57.9 Å². The highest BCUT2D eigenvalue weighted by atomic mass is 32.1. The van der Waals surface area contributed by atoms with E-state index in [4.69, 9.17) is 19.4 Å². The predicted molar refractivity (Wildman–Crippen MR) is 238 cm³/mol. The Balaban J connectivity index is 0.999. The van der Waals surface area contributed by atoms with Crippen LogP contribution in [0, 0.1) is 5.92 Å². The van der Waals surface area contributed by atoms with Crippen molar-refractivity contribution in [3.8, 4) is 56.2 Å².